The van der Waals surface area contributed by atoms with Crippen molar-refractivity contribution in [2.24, 2.45) is 11.8 Å². The fourth-order valence-electron chi connectivity index (χ4n) is 6.26. The minimum absolute atomic E-state index is 0.142. The molecule has 4 aliphatic rings. The average molecular weight is 357 g/mol. The van der Waals surface area contributed by atoms with E-state index in [-0.39, 0.29) is 23.5 Å². The molecule has 2 saturated carbocycles. The molecule has 4 nitrogen and oxygen atoms in total. The molecule has 142 valence electrons. The zero-order chi connectivity index (χ0) is 18.1. The molecule has 5 unspecified atom stereocenters. The van der Waals surface area contributed by atoms with Crippen LogP contribution in [-0.2, 0) is 11.8 Å². The summed E-state index contributed by atoms with van der Waals surface area (Å²) in [7, 11) is 1.70. The molecule has 1 aromatic carbocycles. The summed E-state index contributed by atoms with van der Waals surface area (Å²) in [4.78, 5) is 2.58. The van der Waals surface area contributed by atoms with E-state index in [0.717, 1.165) is 37.6 Å². The molecule has 0 aromatic heterocycles. The molecule has 2 N–H and O–H groups in total. The lowest BCUT2D eigenvalue weighted by Crippen LogP contribution is -2.74. The van der Waals surface area contributed by atoms with Crippen LogP contribution >= 0.6 is 0 Å². The summed E-state index contributed by atoms with van der Waals surface area (Å²) in [6.07, 6.45) is 5.53. The first-order valence-electron chi connectivity index (χ1n) is 10.3. The van der Waals surface area contributed by atoms with Gasteiger partial charge in [0, 0.05) is 18.0 Å². The maximum Gasteiger partial charge on any atom is 0.119 e. The summed E-state index contributed by atoms with van der Waals surface area (Å²) >= 11 is 0. The highest BCUT2D eigenvalue weighted by molar-refractivity contribution is 5.48. The first kappa shape index (κ1) is 17.0. The number of methoxy groups -OCH3 is 1. The number of fused-ring (bicyclic) bond motifs is 1. The highest BCUT2D eigenvalue weighted by Crippen LogP contribution is 2.59. The fraction of sp³-hybridized carbons (Fsp3) is 0.727. The van der Waals surface area contributed by atoms with Crippen LogP contribution in [0.2, 0.25) is 0 Å². The highest BCUT2D eigenvalue weighted by Gasteiger charge is 2.65. The minimum Gasteiger partial charge on any atom is -0.497 e. The number of nitrogens with zero attached hydrogens (tertiary/aromatic N) is 1. The van der Waals surface area contributed by atoms with Gasteiger partial charge in [-0.2, -0.15) is 0 Å². The summed E-state index contributed by atoms with van der Waals surface area (Å²) in [5.74, 6) is 1.83. The van der Waals surface area contributed by atoms with Crippen molar-refractivity contribution in [3.8, 4) is 5.75 Å². The quantitative estimate of drug-likeness (QED) is 0.873. The Hall–Kier alpha value is -1.10. The predicted molar refractivity (Wildman–Crippen MR) is 100 cm³/mol. The lowest BCUT2D eigenvalue weighted by Gasteiger charge is -2.65. The minimum atomic E-state index is -0.752. The smallest absolute Gasteiger partial charge is 0.119 e. The molecular formula is C22H31NO3. The summed E-state index contributed by atoms with van der Waals surface area (Å²) < 4.78 is 5.50. The molecule has 1 aromatic rings. The Morgan fingerprint density at radius 1 is 1.27 bits per heavy atom. The second-order valence-electron chi connectivity index (χ2n) is 9.39. The van der Waals surface area contributed by atoms with Gasteiger partial charge in [-0.3, -0.25) is 4.90 Å². The number of ether oxygens (including phenoxy) is 1. The molecule has 3 fully saturated rings. The van der Waals surface area contributed by atoms with Gasteiger partial charge in [-0.1, -0.05) is 13.0 Å². The van der Waals surface area contributed by atoms with Gasteiger partial charge in [-0.25, -0.2) is 0 Å². The molecule has 3 aliphatic carbocycles. The maximum atomic E-state index is 12.2. The van der Waals surface area contributed by atoms with Gasteiger partial charge in [0.2, 0.25) is 0 Å². The molecule has 0 spiro atoms. The van der Waals surface area contributed by atoms with Crippen molar-refractivity contribution < 1.29 is 14.9 Å². The Kier molecular flexibility index (Phi) is 3.73. The zero-order valence-corrected chi connectivity index (χ0v) is 15.9. The van der Waals surface area contributed by atoms with Crippen LogP contribution in [0.1, 0.15) is 50.2 Å². The number of hydrogen-bond acceptors (Lipinski definition) is 4. The number of aliphatic hydroxyl groups excluding tert-OH is 1. The SMILES string of the molecule is COc1ccc2c(c1)C13CCN(CC4CC4)C(C2)C1(O)CC(C)C(O)C3. The lowest BCUT2D eigenvalue weighted by atomic mass is 9.47. The number of likely N-dealkylation sites (tertiary alicyclic amines) is 1. The van der Waals surface area contributed by atoms with Gasteiger partial charge < -0.3 is 14.9 Å². The summed E-state index contributed by atoms with van der Waals surface area (Å²) in [5, 5.41) is 22.9. The molecule has 0 amide bonds. The number of rotatable bonds is 3. The van der Waals surface area contributed by atoms with E-state index in [4.69, 9.17) is 4.74 Å². The molecule has 5 rings (SSSR count). The predicted octanol–water partition coefficient (Wildman–Crippen LogP) is 2.50. The Morgan fingerprint density at radius 3 is 2.81 bits per heavy atom. The van der Waals surface area contributed by atoms with Crippen molar-refractivity contribution in [3.63, 3.8) is 0 Å². The Balaban J connectivity index is 1.64. The lowest BCUT2D eigenvalue weighted by molar-refractivity contribution is -0.195. The number of aliphatic hydroxyl groups is 2. The number of piperidine rings is 1. The Labute approximate surface area is 156 Å². The summed E-state index contributed by atoms with van der Waals surface area (Å²) in [5.41, 5.74) is 1.47. The summed E-state index contributed by atoms with van der Waals surface area (Å²) in [6.45, 7) is 4.25. The standard InChI is InChI=1S/C22H31NO3/c1-14-11-22(25)20-9-16-5-6-17(26-2)10-18(16)21(22,12-19(14)24)7-8-23(20)13-15-3-4-15/h5-6,10,14-15,19-20,24-25H,3-4,7-9,11-13H2,1-2H3. The van der Waals surface area contributed by atoms with E-state index in [1.165, 1.54) is 24.0 Å². The van der Waals surface area contributed by atoms with Crippen molar-refractivity contribution in [2.75, 3.05) is 20.2 Å². The molecule has 0 radical (unpaired) electrons. The van der Waals surface area contributed by atoms with Crippen molar-refractivity contribution in [3.05, 3.63) is 29.3 Å². The van der Waals surface area contributed by atoms with E-state index in [0.29, 0.717) is 12.8 Å². The third-order valence-electron chi connectivity index (χ3n) is 7.93. The topological polar surface area (TPSA) is 52.9 Å². The van der Waals surface area contributed by atoms with E-state index in [1.807, 2.05) is 6.07 Å². The monoisotopic (exact) mass is 357 g/mol. The van der Waals surface area contributed by atoms with Crippen LogP contribution in [0.4, 0.5) is 0 Å². The molecule has 1 saturated heterocycles. The van der Waals surface area contributed by atoms with Gasteiger partial charge in [0.05, 0.1) is 18.8 Å². The van der Waals surface area contributed by atoms with Crippen molar-refractivity contribution in [2.45, 2.75) is 68.6 Å². The van der Waals surface area contributed by atoms with Crippen LogP contribution in [0.15, 0.2) is 18.2 Å². The van der Waals surface area contributed by atoms with Crippen LogP contribution in [0.25, 0.3) is 0 Å². The second kappa shape index (κ2) is 5.70. The second-order valence-corrected chi connectivity index (χ2v) is 9.39. The van der Waals surface area contributed by atoms with Gasteiger partial charge in [-0.15, -0.1) is 0 Å². The fourth-order valence-corrected chi connectivity index (χ4v) is 6.26. The van der Waals surface area contributed by atoms with Gasteiger partial charge in [-0.05, 0) is 80.2 Å². The van der Waals surface area contributed by atoms with Gasteiger partial charge in [0.1, 0.15) is 5.75 Å². The van der Waals surface area contributed by atoms with E-state index in [2.05, 4.69) is 24.0 Å². The van der Waals surface area contributed by atoms with Crippen molar-refractivity contribution in [1.82, 2.24) is 4.90 Å². The first-order chi connectivity index (χ1) is 12.5. The molecular weight excluding hydrogens is 326 g/mol. The first-order valence-corrected chi connectivity index (χ1v) is 10.3. The normalized spacial score (nSPS) is 42.1. The van der Waals surface area contributed by atoms with Crippen molar-refractivity contribution >= 4 is 0 Å². The average Bonchev–Trinajstić information content (AvgIpc) is 3.43. The van der Waals surface area contributed by atoms with Gasteiger partial charge >= 0.3 is 0 Å². The number of benzene rings is 1. The largest absolute Gasteiger partial charge is 0.497 e. The Morgan fingerprint density at radius 2 is 2.08 bits per heavy atom. The van der Waals surface area contributed by atoms with Crippen molar-refractivity contribution in [1.29, 1.82) is 0 Å². The van der Waals surface area contributed by atoms with Crippen LogP contribution in [0.5, 0.6) is 5.75 Å². The van der Waals surface area contributed by atoms with E-state index in [9.17, 15) is 10.2 Å². The third kappa shape index (κ3) is 2.25. The van der Waals surface area contributed by atoms with E-state index in [1.54, 1.807) is 7.11 Å². The maximum absolute atomic E-state index is 12.2. The van der Waals surface area contributed by atoms with Crippen LogP contribution in [0, 0.1) is 11.8 Å². The van der Waals surface area contributed by atoms with E-state index >= 15 is 0 Å². The molecule has 1 heterocycles. The van der Waals surface area contributed by atoms with Gasteiger partial charge in [0.25, 0.3) is 0 Å². The molecule has 1 aliphatic heterocycles. The van der Waals surface area contributed by atoms with Gasteiger partial charge in [0.15, 0.2) is 0 Å². The van der Waals surface area contributed by atoms with Crippen LogP contribution in [-0.4, -0.2) is 53.1 Å². The molecule has 4 heteroatoms. The third-order valence-corrected chi connectivity index (χ3v) is 7.93. The highest BCUT2D eigenvalue weighted by atomic mass is 16.5. The zero-order valence-electron chi connectivity index (χ0n) is 15.9. The molecule has 5 atom stereocenters. The van der Waals surface area contributed by atoms with E-state index < -0.39 is 5.60 Å². The summed E-state index contributed by atoms with van der Waals surface area (Å²) in [6, 6.07) is 6.54. The number of hydrogen-bond donors (Lipinski definition) is 2. The molecule has 26 heavy (non-hydrogen) atoms. The molecule has 2 bridgehead atoms. The van der Waals surface area contributed by atoms with Crippen LogP contribution < -0.4 is 4.74 Å². The van der Waals surface area contributed by atoms with Crippen LogP contribution in [0.3, 0.4) is 0 Å². The Bertz CT molecular complexity index is 717.